The fourth-order valence-electron chi connectivity index (χ4n) is 2.09. The summed E-state index contributed by atoms with van der Waals surface area (Å²) in [5.74, 6) is 0.455. The van der Waals surface area contributed by atoms with E-state index >= 15 is 0 Å². The minimum atomic E-state index is -0.236. The topological polar surface area (TPSA) is 50.7 Å². The molecule has 0 aromatic heterocycles. The summed E-state index contributed by atoms with van der Waals surface area (Å²) in [7, 11) is 1.60. The van der Waals surface area contributed by atoms with Crippen molar-refractivity contribution in [3.63, 3.8) is 0 Å². The first kappa shape index (κ1) is 20.9. The Bertz CT molecular complexity index is 687. The van der Waals surface area contributed by atoms with E-state index in [0.29, 0.717) is 11.3 Å². The quantitative estimate of drug-likeness (QED) is 0.608. The number of allylic oxidation sites excluding steroid dienone is 2. The van der Waals surface area contributed by atoms with Gasteiger partial charge in [0, 0.05) is 16.5 Å². The molecule has 1 amide bonds. The van der Waals surface area contributed by atoms with Crippen LogP contribution < -0.4 is 10.2 Å². The Morgan fingerprint density at radius 1 is 1.12 bits per heavy atom. The first-order chi connectivity index (χ1) is 11.4. The predicted molar refractivity (Wildman–Crippen MR) is 105 cm³/mol. The van der Waals surface area contributed by atoms with Gasteiger partial charge in [-0.3, -0.25) is 4.79 Å². The van der Waals surface area contributed by atoms with Crippen molar-refractivity contribution < 1.29 is 9.53 Å². The lowest BCUT2D eigenvalue weighted by Crippen LogP contribution is -2.26. The maximum absolute atomic E-state index is 12.6. The lowest BCUT2D eigenvalue weighted by molar-refractivity contribution is 0.0953. The fraction of sp³-hybridized carbons (Fsp3) is 0.524. The smallest absolute Gasteiger partial charge is 0.271 e. The molecule has 4 heteroatoms. The van der Waals surface area contributed by atoms with Crippen LogP contribution in [0.1, 0.15) is 64.4 Å². The Hall–Kier alpha value is -2.10. The second kappa shape index (κ2) is 7.85. The van der Waals surface area contributed by atoms with Gasteiger partial charge in [0.05, 0.1) is 12.8 Å². The number of nitrogens with zero attached hydrogens (tertiary/aromatic N) is 1. The zero-order chi connectivity index (χ0) is 19.4. The van der Waals surface area contributed by atoms with E-state index in [2.05, 4.69) is 65.1 Å². The van der Waals surface area contributed by atoms with E-state index in [1.807, 2.05) is 13.0 Å². The van der Waals surface area contributed by atoms with Crippen molar-refractivity contribution in [3.8, 4) is 5.75 Å². The average Bonchev–Trinajstić information content (AvgIpc) is 2.48. The monoisotopic (exact) mass is 344 g/mol. The number of benzene rings is 1. The number of amides is 1. The van der Waals surface area contributed by atoms with Crippen LogP contribution in [0.5, 0.6) is 5.75 Å². The van der Waals surface area contributed by atoms with Gasteiger partial charge >= 0.3 is 0 Å². The Kier molecular flexibility index (Phi) is 6.58. The highest BCUT2D eigenvalue weighted by molar-refractivity contribution is 6.02. The summed E-state index contributed by atoms with van der Waals surface area (Å²) < 4.78 is 5.28. The van der Waals surface area contributed by atoms with E-state index in [-0.39, 0.29) is 16.7 Å². The third-order valence-electron chi connectivity index (χ3n) is 4.33. The predicted octanol–water partition coefficient (Wildman–Crippen LogP) is 5.13. The molecule has 0 heterocycles. The molecule has 0 aliphatic rings. The summed E-state index contributed by atoms with van der Waals surface area (Å²) in [6.45, 7) is 16.7. The summed E-state index contributed by atoms with van der Waals surface area (Å²) in [5, 5.41) is 4.42. The minimum absolute atomic E-state index is 0.0550. The lowest BCUT2D eigenvalue weighted by atomic mass is 9.82. The average molecular weight is 344 g/mol. The van der Waals surface area contributed by atoms with Crippen LogP contribution in [0.15, 0.2) is 34.9 Å². The second-order valence-corrected chi connectivity index (χ2v) is 8.40. The van der Waals surface area contributed by atoms with Gasteiger partial charge in [-0.1, -0.05) is 53.2 Å². The van der Waals surface area contributed by atoms with Gasteiger partial charge in [0.15, 0.2) is 0 Å². The summed E-state index contributed by atoms with van der Waals surface area (Å²) in [6.07, 6.45) is 2.07. The highest BCUT2D eigenvalue weighted by Gasteiger charge is 2.21. The third-order valence-corrected chi connectivity index (χ3v) is 4.33. The Morgan fingerprint density at radius 3 is 2.20 bits per heavy atom. The molecular weight excluding hydrogens is 312 g/mol. The van der Waals surface area contributed by atoms with E-state index < -0.39 is 0 Å². The molecule has 0 saturated carbocycles. The molecule has 1 aromatic carbocycles. The molecule has 0 aliphatic heterocycles. The van der Waals surface area contributed by atoms with Gasteiger partial charge in [-0.25, -0.2) is 5.43 Å². The first-order valence-corrected chi connectivity index (χ1v) is 8.59. The lowest BCUT2D eigenvalue weighted by Gasteiger charge is -2.24. The SMILES string of the molecule is COc1cccc(C(=O)NN=C(C=C(C)C(C)(C)C)C(C)(C)C)c1C. The highest BCUT2D eigenvalue weighted by atomic mass is 16.5. The van der Waals surface area contributed by atoms with Crippen LogP contribution in [0.2, 0.25) is 0 Å². The molecular formula is C21H32N2O2. The van der Waals surface area contributed by atoms with Crippen molar-refractivity contribution in [2.75, 3.05) is 7.11 Å². The van der Waals surface area contributed by atoms with E-state index in [0.717, 1.165) is 11.3 Å². The molecule has 0 atom stereocenters. The molecule has 138 valence electrons. The zero-order valence-electron chi connectivity index (χ0n) is 17.1. The number of hydrogen-bond acceptors (Lipinski definition) is 3. The van der Waals surface area contributed by atoms with Crippen molar-refractivity contribution in [2.45, 2.75) is 55.4 Å². The number of hydrogen-bond donors (Lipinski definition) is 1. The van der Waals surface area contributed by atoms with Crippen LogP contribution in [0, 0.1) is 17.8 Å². The summed E-state index contributed by atoms with van der Waals surface area (Å²) >= 11 is 0. The van der Waals surface area contributed by atoms with Crippen molar-refractivity contribution in [1.82, 2.24) is 5.43 Å². The van der Waals surface area contributed by atoms with Crippen molar-refractivity contribution >= 4 is 11.6 Å². The van der Waals surface area contributed by atoms with Crippen LogP contribution in [0.4, 0.5) is 0 Å². The molecule has 0 unspecified atom stereocenters. The molecule has 4 nitrogen and oxygen atoms in total. The Balaban J connectivity index is 3.15. The number of rotatable bonds is 4. The molecule has 0 radical (unpaired) electrons. The molecule has 1 rings (SSSR count). The van der Waals surface area contributed by atoms with Gasteiger partial charge in [0.1, 0.15) is 5.75 Å². The molecule has 25 heavy (non-hydrogen) atoms. The maximum atomic E-state index is 12.6. The third kappa shape index (κ3) is 5.73. The minimum Gasteiger partial charge on any atom is -0.496 e. The van der Waals surface area contributed by atoms with Gasteiger partial charge in [-0.2, -0.15) is 5.10 Å². The number of hydrazone groups is 1. The molecule has 0 fully saturated rings. The molecule has 1 N–H and O–H groups in total. The number of methoxy groups -OCH3 is 1. The molecule has 0 aliphatic carbocycles. The number of nitrogens with one attached hydrogen (secondary N) is 1. The first-order valence-electron chi connectivity index (χ1n) is 8.59. The fourth-order valence-corrected chi connectivity index (χ4v) is 2.09. The molecule has 0 bridgehead atoms. The zero-order valence-corrected chi connectivity index (χ0v) is 17.1. The van der Waals surface area contributed by atoms with Gasteiger partial charge in [0.25, 0.3) is 5.91 Å². The second-order valence-electron chi connectivity index (χ2n) is 8.40. The van der Waals surface area contributed by atoms with Crippen LogP contribution >= 0.6 is 0 Å². The van der Waals surface area contributed by atoms with E-state index in [9.17, 15) is 4.79 Å². The highest BCUT2D eigenvalue weighted by Crippen LogP contribution is 2.27. The maximum Gasteiger partial charge on any atom is 0.271 e. The van der Waals surface area contributed by atoms with Gasteiger partial charge in [-0.05, 0) is 37.5 Å². The summed E-state index contributed by atoms with van der Waals surface area (Å²) in [4.78, 5) is 12.6. The van der Waals surface area contributed by atoms with Crippen molar-refractivity contribution in [2.24, 2.45) is 15.9 Å². The molecule has 0 spiro atoms. The normalized spacial score (nSPS) is 13.6. The number of carbonyl (C=O) groups is 1. The van der Waals surface area contributed by atoms with Crippen LogP contribution in [0.3, 0.4) is 0 Å². The van der Waals surface area contributed by atoms with Gasteiger partial charge in [-0.15, -0.1) is 0 Å². The van der Waals surface area contributed by atoms with E-state index in [1.165, 1.54) is 5.57 Å². The Morgan fingerprint density at radius 2 is 1.72 bits per heavy atom. The van der Waals surface area contributed by atoms with E-state index in [4.69, 9.17) is 4.74 Å². The number of carbonyl (C=O) groups excluding carboxylic acids is 1. The van der Waals surface area contributed by atoms with Gasteiger partial charge < -0.3 is 4.74 Å². The molecule has 1 aromatic rings. The number of ether oxygens (including phenoxy) is 1. The van der Waals surface area contributed by atoms with Crippen LogP contribution in [-0.4, -0.2) is 18.7 Å². The molecule has 0 saturated heterocycles. The van der Waals surface area contributed by atoms with Crippen LogP contribution in [0.25, 0.3) is 0 Å². The van der Waals surface area contributed by atoms with Crippen LogP contribution in [-0.2, 0) is 0 Å². The van der Waals surface area contributed by atoms with E-state index in [1.54, 1.807) is 19.2 Å². The van der Waals surface area contributed by atoms with Crippen molar-refractivity contribution in [1.29, 1.82) is 0 Å². The standard InChI is InChI=1S/C21H32N2O2/c1-14(20(3,4)5)13-18(21(6,7)8)22-23-19(24)16-11-10-12-17(25-9)15(16)2/h10-13H,1-9H3,(H,23,24). The Labute approximate surface area is 152 Å². The largest absolute Gasteiger partial charge is 0.496 e. The summed E-state index contributed by atoms with van der Waals surface area (Å²) in [6, 6.07) is 5.42. The summed E-state index contributed by atoms with van der Waals surface area (Å²) in [5.41, 5.74) is 6.00. The van der Waals surface area contributed by atoms with Gasteiger partial charge in [0.2, 0.25) is 0 Å². The van der Waals surface area contributed by atoms with Crippen molar-refractivity contribution in [3.05, 3.63) is 41.0 Å².